The normalized spacial score (nSPS) is 23.6. The molecular formula is C96H93F8N17O6S5. The number of hydrogen-bond acceptors (Lipinski definition) is 17. The molecule has 684 valence electrons. The van der Waals surface area contributed by atoms with E-state index in [0.717, 1.165) is 83.6 Å². The van der Waals surface area contributed by atoms with Crippen LogP contribution in [0.3, 0.4) is 0 Å². The van der Waals surface area contributed by atoms with Gasteiger partial charge in [-0.3, -0.25) is 28.7 Å². The Morgan fingerprint density at radius 1 is 0.515 bits per heavy atom. The van der Waals surface area contributed by atoms with Gasteiger partial charge in [0.1, 0.15) is 29.0 Å². The monoisotopic (exact) mass is 1890 g/mol. The number of nitriles is 1. The molecule has 20 rings (SSSR count). The molecular weight excluding hydrogens is 1800 g/mol. The molecule has 5 saturated carbocycles. The van der Waals surface area contributed by atoms with Gasteiger partial charge in [0.05, 0.1) is 122 Å². The van der Waals surface area contributed by atoms with Crippen LogP contribution >= 0.6 is 22.7 Å². The van der Waals surface area contributed by atoms with E-state index in [1.54, 1.807) is 141 Å². The predicted octanol–water partition coefficient (Wildman–Crippen LogP) is 17.3. The lowest BCUT2D eigenvalue weighted by Crippen LogP contribution is -2.59. The molecule has 0 N–H and O–H groups in total. The van der Waals surface area contributed by atoms with Crippen LogP contribution in [-0.4, -0.2) is 173 Å². The minimum absolute atomic E-state index is 0.0383. The second kappa shape index (κ2) is 35.1. The van der Waals surface area contributed by atoms with E-state index in [1.165, 1.54) is 86.4 Å². The van der Waals surface area contributed by atoms with Crippen molar-refractivity contribution in [1.82, 2.24) is 76.8 Å². The van der Waals surface area contributed by atoms with Crippen molar-refractivity contribution in [3.8, 4) is 23.1 Å². The summed E-state index contributed by atoms with van der Waals surface area (Å²) in [6.45, 7) is 4.85. The van der Waals surface area contributed by atoms with Crippen molar-refractivity contribution in [3.05, 3.63) is 276 Å². The Kier molecular flexibility index (Phi) is 24.2. The molecule has 8 heterocycles. The molecule has 8 aromatic heterocycles. The fourth-order valence-corrected chi connectivity index (χ4v) is 28.2. The summed E-state index contributed by atoms with van der Waals surface area (Å²) in [4.78, 5) is 59.3. The summed E-state index contributed by atoms with van der Waals surface area (Å²) in [6, 6.07) is 28.4. The number of rotatable bonds is 22. The van der Waals surface area contributed by atoms with Gasteiger partial charge < -0.3 is 0 Å². The zero-order valence-corrected chi connectivity index (χ0v) is 76.8. The topological polar surface area (TPSA) is 264 Å². The Morgan fingerprint density at radius 3 is 1.34 bits per heavy atom. The molecule has 0 spiro atoms. The number of pyridine rings is 1. The first-order valence-corrected chi connectivity index (χ1v) is 49.9. The van der Waals surface area contributed by atoms with Gasteiger partial charge in [-0.15, -0.1) is 22.7 Å². The SMILES string of the molecule is C=S(=O)(c1ccc(F)cc1)N(CC(F)F)[C@H]1CCC2=Cc3c(cnn3-c3ccc(F)cc3)C[C@]2(C(=O)c2cc(C)ccn2)C1.C=S(=O)(c1ccn(C)n1)N(C1CC(C#N)C1)[C@H]1CCC2=Cc3c(cnn3-c3ccc(F)cc3)C[C@]2(C(=O)c2ncc(C)s2)C1.C=S(=O)(c1cnn(C)c1)N(C1CC(F)(F)C1)[C@H]1CCC2=Cc3c(cnn3-c3ccc(F)cc3)C[C@]2(C(=O)c2ncc(C)s2)C1. The number of Topliss-reactive ketones (excluding diaryl/α,β-unsaturated/α-hetero) is 3. The molecule has 0 amide bonds. The van der Waals surface area contributed by atoms with Crippen LogP contribution in [0, 0.1) is 77.5 Å². The van der Waals surface area contributed by atoms with E-state index in [4.69, 9.17) is 0 Å². The van der Waals surface area contributed by atoms with Crippen molar-refractivity contribution < 1.29 is 62.1 Å². The number of hydrogen-bond donors (Lipinski definition) is 0. The van der Waals surface area contributed by atoms with E-state index >= 15 is 0 Å². The van der Waals surface area contributed by atoms with Gasteiger partial charge in [-0.05, 0) is 284 Å². The van der Waals surface area contributed by atoms with Gasteiger partial charge in [-0.2, -0.15) is 30.8 Å². The summed E-state index contributed by atoms with van der Waals surface area (Å²) < 4.78 is 168. The lowest BCUT2D eigenvalue weighted by atomic mass is 9.60. The van der Waals surface area contributed by atoms with E-state index in [1.807, 2.05) is 37.2 Å². The Hall–Kier alpha value is -11.6. The van der Waals surface area contributed by atoms with Gasteiger partial charge in [0.15, 0.2) is 20.8 Å². The van der Waals surface area contributed by atoms with Gasteiger partial charge in [0.2, 0.25) is 11.6 Å². The van der Waals surface area contributed by atoms with Crippen LogP contribution in [0.15, 0.2) is 203 Å². The van der Waals surface area contributed by atoms with Crippen LogP contribution in [0.5, 0.6) is 0 Å². The summed E-state index contributed by atoms with van der Waals surface area (Å²) in [5.74, 6) is 7.24. The number of alkyl halides is 4. The molecule has 132 heavy (non-hydrogen) atoms. The van der Waals surface area contributed by atoms with Crippen LogP contribution < -0.4 is 0 Å². The highest BCUT2D eigenvalue weighted by atomic mass is 32.2. The summed E-state index contributed by atoms with van der Waals surface area (Å²) in [5, 5.41) is 33.2. The van der Waals surface area contributed by atoms with Crippen molar-refractivity contribution in [1.29, 1.82) is 5.26 Å². The Balaban J connectivity index is 0.000000133. The van der Waals surface area contributed by atoms with Gasteiger partial charge in [-0.25, -0.2) is 84.7 Å². The lowest BCUT2D eigenvalue weighted by molar-refractivity contribution is -0.115. The van der Waals surface area contributed by atoms with Crippen molar-refractivity contribution in [3.63, 3.8) is 0 Å². The highest BCUT2D eigenvalue weighted by Crippen LogP contribution is 2.58. The molecule has 8 aliphatic carbocycles. The molecule has 9 atom stereocenters. The molecule has 23 nitrogen and oxygen atoms in total. The number of thiazole rings is 2. The van der Waals surface area contributed by atoms with Crippen LogP contribution in [-0.2, 0) is 62.5 Å². The molecule has 0 aliphatic heterocycles. The second-order valence-corrected chi connectivity index (χ2v) is 44.7. The van der Waals surface area contributed by atoms with Crippen LogP contribution in [0.4, 0.5) is 35.1 Å². The van der Waals surface area contributed by atoms with Gasteiger partial charge in [0, 0.05) is 109 Å². The van der Waals surface area contributed by atoms with Crippen LogP contribution in [0.25, 0.3) is 35.3 Å². The van der Waals surface area contributed by atoms with E-state index < -0.39 is 101 Å². The average Bonchev–Trinajstić information content (AvgIpc) is 1.33. The van der Waals surface area contributed by atoms with Crippen molar-refractivity contribution in [2.45, 2.75) is 181 Å². The van der Waals surface area contributed by atoms with E-state index in [9.17, 15) is 67.4 Å². The number of nitrogens with zero attached hydrogens (tertiary/aromatic N) is 17. The predicted molar refractivity (Wildman–Crippen MR) is 491 cm³/mol. The molecule has 12 aromatic rings. The third-order valence-corrected chi connectivity index (χ3v) is 35.4. The first-order valence-electron chi connectivity index (χ1n) is 43.2. The first-order chi connectivity index (χ1) is 62.9. The third kappa shape index (κ3) is 17.0. The fraction of sp³-hybridized carbons (Fsp3) is 0.344. The van der Waals surface area contributed by atoms with Crippen molar-refractivity contribution in [2.75, 3.05) is 6.54 Å². The van der Waals surface area contributed by atoms with Crippen molar-refractivity contribution in [2.24, 2.45) is 36.3 Å². The Morgan fingerprint density at radius 2 is 0.947 bits per heavy atom. The summed E-state index contributed by atoms with van der Waals surface area (Å²) in [7, 11) is -6.22. The summed E-state index contributed by atoms with van der Waals surface area (Å²) in [5.41, 5.74) is 7.71. The van der Waals surface area contributed by atoms with Crippen LogP contribution in [0.1, 0.15) is 163 Å². The molecule has 8 aliphatic rings. The van der Waals surface area contributed by atoms with E-state index in [0.29, 0.717) is 102 Å². The van der Waals surface area contributed by atoms with Crippen molar-refractivity contribution >= 4 is 105 Å². The van der Waals surface area contributed by atoms with E-state index in [2.05, 4.69) is 70.2 Å². The number of allylic oxidation sites excluding steroid dienone is 3. The molecule has 0 radical (unpaired) electrons. The number of fused-ring (bicyclic) bond motifs is 6. The van der Waals surface area contributed by atoms with Gasteiger partial charge in [0.25, 0.3) is 12.3 Å². The fourth-order valence-electron chi connectivity index (χ4n) is 20.6. The number of carbonyl (C=O) groups excluding carboxylic acids is 3. The number of carbonyl (C=O) groups is 3. The van der Waals surface area contributed by atoms with E-state index in [-0.39, 0.29) is 82.7 Å². The highest BCUT2D eigenvalue weighted by Gasteiger charge is 2.59. The minimum Gasteiger partial charge on any atom is -0.291 e. The number of ketones is 3. The molecule has 36 heteroatoms. The summed E-state index contributed by atoms with van der Waals surface area (Å²) in [6.07, 6.45) is 23.2. The van der Waals surface area contributed by atoms with Crippen LogP contribution in [0.2, 0.25) is 0 Å². The smallest absolute Gasteiger partial charge is 0.252 e. The van der Waals surface area contributed by atoms with Gasteiger partial charge in [-0.1, -0.05) is 16.7 Å². The molecule has 5 fully saturated rings. The maximum atomic E-state index is 14.6. The molecule has 3 unspecified atom stereocenters. The zero-order valence-electron chi connectivity index (χ0n) is 72.7. The Labute approximate surface area is 766 Å². The molecule has 0 bridgehead atoms. The minimum atomic E-state index is -3.48. The maximum Gasteiger partial charge on any atom is 0.252 e. The lowest BCUT2D eigenvalue weighted by Gasteiger charge is -2.51. The molecule has 0 saturated heterocycles. The average molecular weight is 1890 g/mol. The second-order valence-electron chi connectivity index (χ2n) is 35.7. The largest absolute Gasteiger partial charge is 0.291 e. The zero-order chi connectivity index (χ0) is 93.0. The number of aromatic nitrogens is 13. The summed E-state index contributed by atoms with van der Waals surface area (Å²) >= 11 is 2.71. The standard InChI is InChI=1S/C33H30F4N4O2S.C32H32FN7O2S2.C31H31F3N6O2S2/c1-21-13-14-38-29(15-21)32(42)33-17-22-19-39-41(26-9-4-24(34)5-10-26)30(22)16-23(33)3-8-27(18-33)40(20-31(36)37)44(2,43)28-11-6-25(35)7-12-28;1-20-18-35-31(43-20)30(41)32-15-22-19-36-39(25-8-5-24(33)6-9-25)28(22)14-23(32)4-7-26(16-32)40(27-12-21(13-27)17-34)44(3,42)29-10-11-38(2)37-29;1-19-15-35-29(43-19)28(41)30-11-20-16-37-39(23-8-5-22(32)6-9-23)27(20)10-21(30)4-7-24(12-30)40(25-13-31(33,34)14-25)44(3,42)26-17-36-38(2)18-26/h4-7,9-16,19,27,31H,2-3,8,17-18,20H2,1H3;5-6,8-11,14,18-19,21,26-27H,3-4,7,12-13,15-16H2,1-2H3;5-6,8-10,15-18,24-25H,3-4,7,11-14H2,1-2H3/t27-,33-,44?;21?,26-,27?,32-,44?;24-,30-,44?/m000/s1. The highest BCUT2D eigenvalue weighted by molar-refractivity contribution is 7.98. The number of aryl methyl sites for hydroxylation is 5. The first kappa shape index (κ1) is 91.0. The quantitative estimate of drug-likeness (QED) is 0.0347. The number of benzene rings is 4. The van der Waals surface area contributed by atoms with Gasteiger partial charge >= 0.3 is 0 Å². The number of halogens is 8. The molecule has 4 aromatic carbocycles. The Bertz CT molecular complexity index is 7020. The third-order valence-electron chi connectivity index (χ3n) is 27.0. The maximum absolute atomic E-state index is 14.6.